The van der Waals surface area contributed by atoms with Crippen LogP contribution >= 0.6 is 0 Å². The number of carbonyl (C=O) groups excluding carboxylic acids is 1. The average Bonchev–Trinajstić information content (AvgIpc) is 2.39. The van der Waals surface area contributed by atoms with Gasteiger partial charge in [-0.2, -0.15) is 8.42 Å². The molecule has 0 aromatic heterocycles. The van der Waals surface area contributed by atoms with Gasteiger partial charge in [0.2, 0.25) is 0 Å². The maximum absolute atomic E-state index is 12.0. The van der Waals surface area contributed by atoms with Crippen LogP contribution in [0, 0.1) is 0 Å². The third-order valence-electron chi connectivity index (χ3n) is 2.50. The van der Waals surface area contributed by atoms with Crippen LogP contribution in [-0.4, -0.2) is 33.2 Å². The van der Waals surface area contributed by atoms with Crippen molar-refractivity contribution in [2.75, 3.05) is 23.8 Å². The molecule has 0 unspecified atom stereocenters. The normalized spacial score (nSPS) is 11.3. The highest BCUT2D eigenvalue weighted by Crippen LogP contribution is 2.13. The van der Waals surface area contributed by atoms with E-state index in [9.17, 15) is 13.2 Å². The number of hydrogen-bond donors (Lipinski definition) is 0. The molecule has 0 bridgehead atoms. The van der Waals surface area contributed by atoms with Crippen molar-refractivity contribution in [2.45, 2.75) is 20.3 Å². The van der Waals surface area contributed by atoms with Crippen molar-refractivity contribution >= 4 is 21.7 Å². The summed E-state index contributed by atoms with van der Waals surface area (Å²) in [6.45, 7) is 3.57. The SMILES string of the molecule is CCCS(=O)(=O)OCC(=O)N(CC)c1ccccc1. The molecule has 0 saturated heterocycles. The van der Waals surface area contributed by atoms with Gasteiger partial charge in [-0.1, -0.05) is 25.1 Å². The molecule has 6 heteroatoms. The molecule has 0 saturated carbocycles. The number of carbonyl (C=O) groups is 1. The number of anilines is 1. The van der Waals surface area contributed by atoms with Gasteiger partial charge in [-0.15, -0.1) is 0 Å². The van der Waals surface area contributed by atoms with Crippen LogP contribution in [0.5, 0.6) is 0 Å². The molecule has 0 aliphatic carbocycles. The number of benzene rings is 1. The Balaban J connectivity index is 2.66. The first kappa shape index (κ1) is 15.7. The molecule has 106 valence electrons. The van der Waals surface area contributed by atoms with Crippen LogP contribution in [0.2, 0.25) is 0 Å². The Labute approximate surface area is 114 Å². The summed E-state index contributed by atoms with van der Waals surface area (Å²) in [7, 11) is -3.60. The molecule has 0 aliphatic rings. The summed E-state index contributed by atoms with van der Waals surface area (Å²) in [6, 6.07) is 9.08. The van der Waals surface area contributed by atoms with E-state index in [1.165, 1.54) is 4.90 Å². The lowest BCUT2D eigenvalue weighted by atomic mass is 10.3. The molecule has 0 N–H and O–H groups in total. The van der Waals surface area contributed by atoms with Crippen molar-refractivity contribution in [1.29, 1.82) is 0 Å². The van der Waals surface area contributed by atoms with Gasteiger partial charge in [0.1, 0.15) is 6.61 Å². The maximum atomic E-state index is 12.0. The largest absolute Gasteiger partial charge is 0.311 e. The van der Waals surface area contributed by atoms with E-state index in [0.29, 0.717) is 13.0 Å². The number of nitrogens with zero attached hydrogens (tertiary/aromatic N) is 1. The van der Waals surface area contributed by atoms with E-state index in [1.807, 2.05) is 25.1 Å². The Morgan fingerprint density at radius 2 is 1.84 bits per heavy atom. The van der Waals surface area contributed by atoms with Crippen molar-refractivity contribution in [3.05, 3.63) is 30.3 Å². The summed E-state index contributed by atoms with van der Waals surface area (Å²) in [5, 5.41) is 0. The van der Waals surface area contributed by atoms with Crippen LogP contribution in [0.15, 0.2) is 30.3 Å². The topological polar surface area (TPSA) is 63.7 Å². The van der Waals surface area contributed by atoms with Crippen molar-refractivity contribution in [2.24, 2.45) is 0 Å². The summed E-state index contributed by atoms with van der Waals surface area (Å²) < 4.78 is 27.5. The fraction of sp³-hybridized carbons (Fsp3) is 0.462. The Morgan fingerprint density at radius 3 is 2.37 bits per heavy atom. The number of hydrogen-bond acceptors (Lipinski definition) is 4. The zero-order chi connectivity index (χ0) is 14.3. The minimum Gasteiger partial charge on any atom is -0.311 e. The van der Waals surface area contributed by atoms with Gasteiger partial charge >= 0.3 is 0 Å². The Morgan fingerprint density at radius 1 is 1.21 bits per heavy atom. The third kappa shape index (κ3) is 5.00. The van der Waals surface area contributed by atoms with Gasteiger partial charge < -0.3 is 4.90 Å². The highest BCUT2D eigenvalue weighted by Gasteiger charge is 2.18. The summed E-state index contributed by atoms with van der Waals surface area (Å²) in [4.78, 5) is 13.4. The van der Waals surface area contributed by atoms with Gasteiger partial charge in [0, 0.05) is 12.2 Å². The molecule has 0 atom stereocenters. The van der Waals surface area contributed by atoms with E-state index in [4.69, 9.17) is 4.18 Å². The van der Waals surface area contributed by atoms with Crippen molar-refractivity contribution in [1.82, 2.24) is 0 Å². The zero-order valence-corrected chi connectivity index (χ0v) is 12.0. The minimum atomic E-state index is -3.60. The van der Waals surface area contributed by atoms with Gasteiger partial charge in [0.05, 0.1) is 5.75 Å². The minimum absolute atomic E-state index is 0.0717. The van der Waals surface area contributed by atoms with Crippen LogP contribution in [0.3, 0.4) is 0 Å². The summed E-state index contributed by atoms with van der Waals surface area (Å²) in [6.07, 6.45) is 0.465. The van der Waals surface area contributed by atoms with Crippen LogP contribution in [-0.2, 0) is 19.1 Å². The molecule has 0 fully saturated rings. The molecule has 19 heavy (non-hydrogen) atoms. The summed E-state index contributed by atoms with van der Waals surface area (Å²) in [5.41, 5.74) is 0.728. The van der Waals surface area contributed by atoms with Crippen molar-refractivity contribution < 1.29 is 17.4 Å². The van der Waals surface area contributed by atoms with E-state index < -0.39 is 16.7 Å². The smallest absolute Gasteiger partial charge is 0.267 e. The predicted octanol–water partition coefficient (Wildman–Crippen LogP) is 1.80. The molecule has 0 heterocycles. The monoisotopic (exact) mass is 285 g/mol. The van der Waals surface area contributed by atoms with Gasteiger partial charge in [-0.3, -0.25) is 8.98 Å². The second-order valence-corrected chi connectivity index (χ2v) is 5.76. The molecule has 1 aromatic carbocycles. The first-order valence-electron chi connectivity index (χ1n) is 6.22. The molecular weight excluding hydrogens is 266 g/mol. The first-order chi connectivity index (χ1) is 9.00. The lowest BCUT2D eigenvalue weighted by molar-refractivity contribution is -0.120. The van der Waals surface area contributed by atoms with Crippen molar-refractivity contribution in [3.8, 4) is 0 Å². The Kier molecular flexibility index (Phi) is 5.98. The van der Waals surface area contributed by atoms with E-state index in [1.54, 1.807) is 19.1 Å². The predicted molar refractivity (Wildman–Crippen MR) is 74.5 cm³/mol. The highest BCUT2D eigenvalue weighted by molar-refractivity contribution is 7.86. The number of likely N-dealkylation sites (N-methyl/N-ethyl adjacent to an activating group) is 1. The molecule has 1 amide bonds. The average molecular weight is 285 g/mol. The van der Waals surface area contributed by atoms with E-state index in [0.717, 1.165) is 5.69 Å². The zero-order valence-electron chi connectivity index (χ0n) is 11.2. The molecule has 1 rings (SSSR count). The fourth-order valence-electron chi connectivity index (χ4n) is 1.64. The van der Waals surface area contributed by atoms with E-state index in [2.05, 4.69) is 0 Å². The van der Waals surface area contributed by atoms with Crippen molar-refractivity contribution in [3.63, 3.8) is 0 Å². The molecule has 0 spiro atoms. The van der Waals surface area contributed by atoms with E-state index >= 15 is 0 Å². The molecule has 1 aromatic rings. The Bertz CT molecular complexity index is 499. The Hall–Kier alpha value is -1.40. The molecule has 0 aliphatic heterocycles. The molecule has 5 nitrogen and oxygen atoms in total. The second kappa shape index (κ2) is 7.25. The number of amides is 1. The number of rotatable bonds is 7. The van der Waals surface area contributed by atoms with Gasteiger partial charge in [0.25, 0.3) is 16.0 Å². The fourth-order valence-corrected chi connectivity index (χ4v) is 2.54. The first-order valence-corrected chi connectivity index (χ1v) is 7.80. The quantitative estimate of drug-likeness (QED) is 0.717. The third-order valence-corrected chi connectivity index (χ3v) is 3.89. The molecular formula is C13H19NO4S. The van der Waals surface area contributed by atoms with Gasteiger partial charge in [0.15, 0.2) is 0 Å². The van der Waals surface area contributed by atoms with Crippen LogP contribution in [0.4, 0.5) is 5.69 Å². The standard InChI is InChI=1S/C13H19NO4S/c1-3-10-19(16,17)18-11-13(15)14(4-2)12-8-6-5-7-9-12/h5-9H,3-4,10-11H2,1-2H3. The van der Waals surface area contributed by atoms with Gasteiger partial charge in [-0.25, -0.2) is 0 Å². The number of para-hydroxylation sites is 1. The lowest BCUT2D eigenvalue weighted by Crippen LogP contribution is -2.34. The van der Waals surface area contributed by atoms with Gasteiger partial charge in [-0.05, 0) is 25.5 Å². The molecule has 0 radical (unpaired) electrons. The van der Waals surface area contributed by atoms with Crippen LogP contribution < -0.4 is 4.90 Å². The van der Waals surface area contributed by atoms with E-state index in [-0.39, 0.29) is 11.7 Å². The lowest BCUT2D eigenvalue weighted by Gasteiger charge is -2.20. The second-order valence-electron chi connectivity index (χ2n) is 4.00. The van der Waals surface area contributed by atoms with Crippen LogP contribution in [0.25, 0.3) is 0 Å². The maximum Gasteiger partial charge on any atom is 0.267 e. The van der Waals surface area contributed by atoms with Crippen LogP contribution in [0.1, 0.15) is 20.3 Å². The highest BCUT2D eigenvalue weighted by atomic mass is 32.2. The summed E-state index contributed by atoms with van der Waals surface area (Å²) >= 11 is 0. The summed E-state index contributed by atoms with van der Waals surface area (Å²) in [5.74, 6) is -0.439.